The highest BCUT2D eigenvalue weighted by Gasteiger charge is 2.39. The van der Waals surface area contributed by atoms with E-state index in [0.29, 0.717) is 37.0 Å². The van der Waals surface area contributed by atoms with Crippen LogP contribution in [0.15, 0.2) is 47.4 Å². The monoisotopic (exact) mass is 394 g/mol. The Kier molecular flexibility index (Phi) is 5.11. The maximum absolute atomic E-state index is 13.3. The van der Waals surface area contributed by atoms with E-state index in [2.05, 4.69) is 15.1 Å². The van der Waals surface area contributed by atoms with Gasteiger partial charge in [-0.2, -0.15) is 4.98 Å². The first-order valence-electron chi connectivity index (χ1n) is 9.42. The minimum Gasteiger partial charge on any atom is -0.339 e. The molecule has 2 amide bonds. The molecular weight excluding hydrogens is 372 g/mol. The van der Waals surface area contributed by atoms with Crippen LogP contribution in [-0.2, 0) is 24.8 Å². The molecule has 1 aliphatic rings. The Labute approximate surface area is 167 Å². The zero-order valence-electron chi connectivity index (χ0n) is 16.4. The second-order valence-electron chi connectivity index (χ2n) is 7.09. The highest BCUT2D eigenvalue weighted by Crippen LogP contribution is 2.20. The van der Waals surface area contributed by atoms with E-state index >= 15 is 0 Å². The summed E-state index contributed by atoms with van der Waals surface area (Å²) < 4.78 is 6.87. The zero-order valence-corrected chi connectivity index (χ0v) is 16.4. The van der Waals surface area contributed by atoms with Gasteiger partial charge in [-0.05, 0) is 12.5 Å². The van der Waals surface area contributed by atoms with Crippen LogP contribution in [-0.4, -0.2) is 60.4 Å². The fourth-order valence-corrected chi connectivity index (χ4v) is 3.54. The van der Waals surface area contributed by atoms with E-state index < -0.39 is 6.04 Å². The van der Waals surface area contributed by atoms with Gasteiger partial charge in [0.15, 0.2) is 5.82 Å². The lowest BCUT2D eigenvalue weighted by atomic mass is 10.1. The van der Waals surface area contributed by atoms with E-state index in [1.807, 2.05) is 30.3 Å². The lowest BCUT2D eigenvalue weighted by Gasteiger charge is -2.40. The third-order valence-electron chi connectivity index (χ3n) is 5.03. The first-order valence-corrected chi connectivity index (χ1v) is 9.42. The molecule has 0 N–H and O–H groups in total. The summed E-state index contributed by atoms with van der Waals surface area (Å²) in [6.07, 6.45) is 3.25. The average molecular weight is 394 g/mol. The number of carbonyl (C=O) groups is 2. The molecule has 1 unspecified atom stereocenters. The summed E-state index contributed by atoms with van der Waals surface area (Å²) in [5.74, 6) is 0.463. The lowest BCUT2D eigenvalue weighted by molar-refractivity contribution is -0.141. The van der Waals surface area contributed by atoms with Crippen LogP contribution in [0.4, 0.5) is 0 Å². The van der Waals surface area contributed by atoms with Crippen LogP contribution >= 0.6 is 0 Å². The Hall–Kier alpha value is -3.49. The smallest absolute Gasteiger partial charge is 0.272 e. The third kappa shape index (κ3) is 3.89. The molecule has 0 saturated carbocycles. The molecule has 3 aromatic rings. The summed E-state index contributed by atoms with van der Waals surface area (Å²) in [6, 6.07) is 9.08. The van der Waals surface area contributed by atoms with Crippen molar-refractivity contribution in [2.75, 3.05) is 13.1 Å². The maximum Gasteiger partial charge on any atom is 0.272 e. The molecule has 150 valence electrons. The fourth-order valence-electron chi connectivity index (χ4n) is 3.54. The molecule has 2 aromatic heterocycles. The molecule has 0 radical (unpaired) electrons. The highest BCUT2D eigenvalue weighted by molar-refractivity contribution is 5.97. The Bertz CT molecular complexity index is 1010. The van der Waals surface area contributed by atoms with Gasteiger partial charge >= 0.3 is 0 Å². The number of imidazole rings is 1. The molecule has 4 rings (SSSR count). The van der Waals surface area contributed by atoms with Gasteiger partial charge in [-0.3, -0.25) is 9.59 Å². The quantitative estimate of drug-likeness (QED) is 0.645. The number of hydrogen-bond donors (Lipinski definition) is 0. The normalized spacial score (nSPS) is 17.0. The predicted octanol–water partition coefficient (Wildman–Crippen LogP) is 1.21. The van der Waals surface area contributed by atoms with Crippen molar-refractivity contribution in [3.05, 3.63) is 65.8 Å². The van der Waals surface area contributed by atoms with E-state index in [4.69, 9.17) is 4.52 Å². The third-order valence-corrected chi connectivity index (χ3v) is 5.03. The molecule has 9 heteroatoms. The SMILES string of the molecule is Cc1noc(CC2C(=O)N(Cc3ccccc3)CCN2C(=O)c2cncn2C)n1. The number of amides is 2. The number of aryl methyl sites for hydroxylation is 2. The van der Waals surface area contributed by atoms with Crippen molar-refractivity contribution in [2.45, 2.75) is 25.9 Å². The van der Waals surface area contributed by atoms with E-state index in [0.717, 1.165) is 5.56 Å². The number of benzene rings is 1. The van der Waals surface area contributed by atoms with Gasteiger partial charge in [0.1, 0.15) is 11.7 Å². The summed E-state index contributed by atoms with van der Waals surface area (Å²) in [6.45, 7) is 3.08. The Balaban J connectivity index is 1.60. The van der Waals surface area contributed by atoms with Crippen LogP contribution in [0, 0.1) is 6.92 Å². The summed E-state index contributed by atoms with van der Waals surface area (Å²) in [5, 5.41) is 3.80. The fraction of sp³-hybridized carbons (Fsp3) is 0.350. The zero-order chi connectivity index (χ0) is 20.4. The van der Waals surface area contributed by atoms with Gasteiger partial charge in [-0.1, -0.05) is 35.5 Å². The van der Waals surface area contributed by atoms with Crippen molar-refractivity contribution in [2.24, 2.45) is 7.05 Å². The van der Waals surface area contributed by atoms with Crippen LogP contribution in [0.1, 0.15) is 27.8 Å². The minimum atomic E-state index is -0.713. The number of hydrogen-bond acceptors (Lipinski definition) is 6. The lowest BCUT2D eigenvalue weighted by Crippen LogP contribution is -2.59. The Morgan fingerprint density at radius 1 is 1.24 bits per heavy atom. The maximum atomic E-state index is 13.3. The van der Waals surface area contributed by atoms with Crippen LogP contribution in [0.3, 0.4) is 0 Å². The molecule has 1 saturated heterocycles. The Morgan fingerprint density at radius 2 is 2.03 bits per heavy atom. The van der Waals surface area contributed by atoms with Gasteiger partial charge in [0.05, 0.1) is 18.9 Å². The molecule has 0 bridgehead atoms. The molecule has 0 aliphatic carbocycles. The topological polar surface area (TPSA) is 97.4 Å². The van der Waals surface area contributed by atoms with Gasteiger partial charge in [-0.25, -0.2) is 4.98 Å². The number of carbonyl (C=O) groups excluding carboxylic acids is 2. The number of rotatable bonds is 5. The van der Waals surface area contributed by atoms with E-state index in [9.17, 15) is 9.59 Å². The van der Waals surface area contributed by atoms with Crippen LogP contribution in [0.5, 0.6) is 0 Å². The van der Waals surface area contributed by atoms with E-state index in [1.54, 1.807) is 34.7 Å². The van der Waals surface area contributed by atoms with Gasteiger partial charge < -0.3 is 18.9 Å². The summed E-state index contributed by atoms with van der Waals surface area (Å²) in [5.41, 5.74) is 1.47. The van der Waals surface area contributed by atoms with Crippen molar-refractivity contribution >= 4 is 11.8 Å². The van der Waals surface area contributed by atoms with E-state index in [-0.39, 0.29) is 18.2 Å². The largest absolute Gasteiger partial charge is 0.339 e. The predicted molar refractivity (Wildman–Crippen MR) is 103 cm³/mol. The van der Waals surface area contributed by atoms with Crippen LogP contribution < -0.4 is 0 Å². The molecule has 1 atom stereocenters. The molecule has 1 fully saturated rings. The summed E-state index contributed by atoms with van der Waals surface area (Å²) in [4.78, 5) is 38.1. The molecule has 1 aliphatic heterocycles. The van der Waals surface area contributed by atoms with Crippen LogP contribution in [0.25, 0.3) is 0 Å². The number of nitrogens with zero attached hydrogens (tertiary/aromatic N) is 6. The standard InChI is InChI=1S/C20H22N6O3/c1-14-22-18(29-23-14)10-16-19(27)25(12-15-6-4-3-5-7-15)8-9-26(16)20(28)17-11-21-13-24(17)2/h3-7,11,13,16H,8-10,12H2,1-2H3. The minimum absolute atomic E-state index is 0.133. The van der Waals surface area contributed by atoms with Crippen molar-refractivity contribution < 1.29 is 14.1 Å². The molecule has 29 heavy (non-hydrogen) atoms. The van der Waals surface area contributed by atoms with Gasteiger partial charge in [0.2, 0.25) is 11.8 Å². The van der Waals surface area contributed by atoms with Crippen molar-refractivity contribution in [3.63, 3.8) is 0 Å². The second-order valence-corrected chi connectivity index (χ2v) is 7.09. The average Bonchev–Trinajstić information content (AvgIpc) is 3.33. The first kappa shape index (κ1) is 18.9. The van der Waals surface area contributed by atoms with Crippen molar-refractivity contribution in [3.8, 4) is 0 Å². The van der Waals surface area contributed by atoms with Crippen LogP contribution in [0.2, 0.25) is 0 Å². The molecule has 3 heterocycles. The van der Waals surface area contributed by atoms with Crippen molar-refractivity contribution in [1.29, 1.82) is 0 Å². The molecule has 1 aromatic carbocycles. The van der Waals surface area contributed by atoms with Gasteiger partial charge in [-0.15, -0.1) is 0 Å². The summed E-state index contributed by atoms with van der Waals surface area (Å²) >= 11 is 0. The second kappa shape index (κ2) is 7.86. The molecule has 9 nitrogen and oxygen atoms in total. The number of aromatic nitrogens is 4. The number of piperazine rings is 1. The van der Waals surface area contributed by atoms with Gasteiger partial charge in [0, 0.05) is 26.7 Å². The van der Waals surface area contributed by atoms with E-state index in [1.165, 1.54) is 6.20 Å². The first-order chi connectivity index (χ1) is 14.0. The molecular formula is C20H22N6O3. The van der Waals surface area contributed by atoms with Gasteiger partial charge in [0.25, 0.3) is 5.91 Å². The summed E-state index contributed by atoms with van der Waals surface area (Å²) in [7, 11) is 1.75. The Morgan fingerprint density at radius 3 is 2.69 bits per heavy atom. The highest BCUT2D eigenvalue weighted by atomic mass is 16.5. The van der Waals surface area contributed by atoms with Crippen molar-refractivity contribution in [1.82, 2.24) is 29.5 Å². The molecule has 0 spiro atoms.